The van der Waals surface area contributed by atoms with Gasteiger partial charge in [0.15, 0.2) is 0 Å². The summed E-state index contributed by atoms with van der Waals surface area (Å²) in [5.41, 5.74) is 5.83. The smallest absolute Gasteiger partial charge is 0.136 e. The average Bonchev–Trinajstić information content (AvgIpc) is 3.08. The van der Waals surface area contributed by atoms with E-state index in [0.717, 1.165) is 22.5 Å². The summed E-state index contributed by atoms with van der Waals surface area (Å²) in [6, 6.07) is 18.4. The third-order valence-electron chi connectivity index (χ3n) is 3.68. The van der Waals surface area contributed by atoms with Gasteiger partial charge in [-0.05, 0) is 25.5 Å². The number of hydrogen-bond acceptors (Lipinski definition) is 4. The largest absolute Gasteiger partial charge is 0.360 e. The van der Waals surface area contributed by atoms with Crippen LogP contribution in [-0.2, 0) is 0 Å². The van der Waals surface area contributed by atoms with Crippen molar-refractivity contribution in [3.8, 4) is 17.3 Å². The molecule has 0 radical (unpaired) electrons. The zero-order valence-electron chi connectivity index (χ0n) is 13.6. The van der Waals surface area contributed by atoms with Crippen molar-refractivity contribution in [2.45, 2.75) is 13.8 Å². The number of anilines is 1. The number of nitriles is 1. The summed E-state index contributed by atoms with van der Waals surface area (Å²) >= 11 is 1.48. The Labute approximate surface area is 145 Å². The highest BCUT2D eigenvalue weighted by atomic mass is 32.1. The molecule has 0 bridgehead atoms. The van der Waals surface area contributed by atoms with Crippen LogP contribution in [0.2, 0.25) is 0 Å². The number of hydrogen-bond donors (Lipinski definition) is 1. The van der Waals surface area contributed by atoms with Crippen LogP contribution in [0.15, 0.2) is 60.1 Å². The minimum Gasteiger partial charge on any atom is -0.360 e. The molecule has 0 saturated heterocycles. The summed E-state index contributed by atoms with van der Waals surface area (Å²) in [6.45, 7) is 4.11. The zero-order chi connectivity index (χ0) is 16.9. The highest BCUT2D eigenvalue weighted by molar-refractivity contribution is 7.11. The molecule has 24 heavy (non-hydrogen) atoms. The summed E-state index contributed by atoms with van der Waals surface area (Å²) in [4.78, 5) is 4.59. The fourth-order valence-corrected chi connectivity index (χ4v) is 3.20. The molecule has 4 heteroatoms. The molecule has 0 spiro atoms. The van der Waals surface area contributed by atoms with Crippen LogP contribution >= 0.6 is 11.3 Å². The highest BCUT2D eigenvalue weighted by Crippen LogP contribution is 2.26. The lowest BCUT2D eigenvalue weighted by Gasteiger charge is -2.06. The van der Waals surface area contributed by atoms with Crippen LogP contribution in [0.1, 0.15) is 16.1 Å². The van der Waals surface area contributed by atoms with E-state index in [1.165, 1.54) is 16.9 Å². The second kappa shape index (κ2) is 7.12. The fourth-order valence-electron chi connectivity index (χ4n) is 2.41. The molecule has 1 N–H and O–H groups in total. The lowest BCUT2D eigenvalue weighted by molar-refractivity contribution is 1.35. The molecule has 1 aromatic heterocycles. The van der Waals surface area contributed by atoms with Crippen LogP contribution in [0.25, 0.3) is 16.8 Å². The first-order valence-electron chi connectivity index (χ1n) is 7.63. The molecule has 3 rings (SSSR count). The first kappa shape index (κ1) is 16.0. The van der Waals surface area contributed by atoms with Gasteiger partial charge in [0.25, 0.3) is 0 Å². The lowest BCUT2D eigenvalue weighted by atomic mass is 10.1. The summed E-state index contributed by atoms with van der Waals surface area (Å²) < 4.78 is 0. The molecule has 0 aliphatic rings. The van der Waals surface area contributed by atoms with E-state index < -0.39 is 0 Å². The number of nitrogens with zero attached hydrogens (tertiary/aromatic N) is 2. The Hall–Kier alpha value is -2.90. The van der Waals surface area contributed by atoms with Gasteiger partial charge in [0, 0.05) is 22.8 Å². The third kappa shape index (κ3) is 3.53. The normalized spacial score (nSPS) is 11.1. The quantitative estimate of drug-likeness (QED) is 0.651. The Kier molecular flexibility index (Phi) is 4.74. The Morgan fingerprint density at radius 1 is 1.17 bits per heavy atom. The number of thiazole rings is 1. The van der Waals surface area contributed by atoms with Crippen molar-refractivity contribution in [3.63, 3.8) is 0 Å². The average molecular weight is 331 g/mol. The van der Waals surface area contributed by atoms with E-state index in [1.807, 2.05) is 54.8 Å². The maximum absolute atomic E-state index is 9.46. The topological polar surface area (TPSA) is 48.7 Å². The Balaban J connectivity index is 1.84. The van der Waals surface area contributed by atoms with Crippen LogP contribution in [0, 0.1) is 25.2 Å². The minimum absolute atomic E-state index is 0.530. The van der Waals surface area contributed by atoms with Gasteiger partial charge in [-0.3, -0.25) is 0 Å². The van der Waals surface area contributed by atoms with E-state index in [9.17, 15) is 5.26 Å². The van der Waals surface area contributed by atoms with Gasteiger partial charge in [0.1, 0.15) is 16.6 Å². The maximum Gasteiger partial charge on any atom is 0.136 e. The number of allylic oxidation sites excluding steroid dienone is 1. The number of nitrogens with one attached hydrogen (secondary N) is 1. The van der Waals surface area contributed by atoms with Crippen LogP contribution in [0.4, 0.5) is 5.69 Å². The number of rotatable bonds is 4. The molecule has 3 nitrogen and oxygen atoms in total. The molecule has 0 atom stereocenters. The standard InChI is InChI=1S/C20H17N3S/c1-14-8-9-18(15(2)10-14)22-12-17(11-21)20-23-19(13-24-20)16-6-4-3-5-7-16/h3-10,12-13,22H,1-2H3/b17-12-. The van der Waals surface area contributed by atoms with Crippen LogP contribution in [0.5, 0.6) is 0 Å². The van der Waals surface area contributed by atoms with Gasteiger partial charge in [-0.2, -0.15) is 5.26 Å². The first-order chi connectivity index (χ1) is 11.7. The Bertz CT molecular complexity index is 918. The molecule has 0 saturated carbocycles. The molecular formula is C20H17N3S. The first-order valence-corrected chi connectivity index (χ1v) is 8.51. The molecule has 0 aliphatic carbocycles. The van der Waals surface area contributed by atoms with Crippen molar-refractivity contribution >= 4 is 22.6 Å². The molecule has 0 unspecified atom stereocenters. The SMILES string of the molecule is Cc1ccc(N/C=C(/C#N)c2nc(-c3ccccc3)cs2)c(C)c1. The third-order valence-corrected chi connectivity index (χ3v) is 4.55. The van der Waals surface area contributed by atoms with Crippen LogP contribution in [-0.4, -0.2) is 4.98 Å². The second-order valence-corrected chi connectivity index (χ2v) is 6.39. The van der Waals surface area contributed by atoms with Crippen molar-refractivity contribution < 1.29 is 0 Å². The van der Waals surface area contributed by atoms with E-state index >= 15 is 0 Å². The van der Waals surface area contributed by atoms with E-state index in [2.05, 4.69) is 29.4 Å². The van der Waals surface area contributed by atoms with E-state index in [4.69, 9.17) is 0 Å². The van der Waals surface area contributed by atoms with E-state index in [1.54, 1.807) is 6.20 Å². The Morgan fingerprint density at radius 2 is 1.96 bits per heavy atom. The van der Waals surface area contributed by atoms with E-state index in [-0.39, 0.29) is 0 Å². The fraction of sp³-hybridized carbons (Fsp3) is 0.100. The number of aryl methyl sites for hydroxylation is 2. The highest BCUT2D eigenvalue weighted by Gasteiger charge is 2.09. The molecule has 1 heterocycles. The molecule has 2 aromatic carbocycles. The van der Waals surface area contributed by atoms with E-state index in [0.29, 0.717) is 10.6 Å². The second-order valence-electron chi connectivity index (χ2n) is 5.54. The summed E-state index contributed by atoms with van der Waals surface area (Å²) in [5, 5.41) is 15.4. The van der Waals surface area contributed by atoms with Gasteiger partial charge < -0.3 is 5.32 Å². The van der Waals surface area contributed by atoms with Gasteiger partial charge in [-0.25, -0.2) is 4.98 Å². The van der Waals surface area contributed by atoms with Crippen LogP contribution in [0.3, 0.4) is 0 Å². The van der Waals surface area contributed by atoms with Gasteiger partial charge in [0.2, 0.25) is 0 Å². The summed E-state index contributed by atoms with van der Waals surface area (Å²) in [6.07, 6.45) is 1.73. The van der Waals surface area contributed by atoms with Crippen molar-refractivity contribution in [2.75, 3.05) is 5.32 Å². The van der Waals surface area contributed by atoms with Gasteiger partial charge in [0.05, 0.1) is 5.69 Å². The predicted octanol–water partition coefficient (Wildman–Crippen LogP) is 5.40. The van der Waals surface area contributed by atoms with Crippen LogP contribution < -0.4 is 5.32 Å². The van der Waals surface area contributed by atoms with Crippen molar-refractivity contribution in [3.05, 3.63) is 76.2 Å². The molecule has 0 amide bonds. The lowest BCUT2D eigenvalue weighted by Crippen LogP contribution is -1.94. The molecule has 0 aliphatic heterocycles. The molecular weight excluding hydrogens is 314 g/mol. The summed E-state index contributed by atoms with van der Waals surface area (Å²) in [5.74, 6) is 0. The zero-order valence-corrected chi connectivity index (χ0v) is 14.4. The number of aromatic nitrogens is 1. The van der Waals surface area contributed by atoms with Gasteiger partial charge >= 0.3 is 0 Å². The number of benzene rings is 2. The Morgan fingerprint density at radius 3 is 2.67 bits per heavy atom. The maximum atomic E-state index is 9.46. The molecule has 3 aromatic rings. The van der Waals surface area contributed by atoms with Crippen molar-refractivity contribution in [1.29, 1.82) is 5.26 Å². The molecule has 118 valence electrons. The molecule has 0 fully saturated rings. The van der Waals surface area contributed by atoms with Crippen molar-refractivity contribution in [2.24, 2.45) is 0 Å². The van der Waals surface area contributed by atoms with Gasteiger partial charge in [-0.1, -0.05) is 48.0 Å². The summed E-state index contributed by atoms with van der Waals surface area (Å²) in [7, 11) is 0. The monoisotopic (exact) mass is 331 g/mol. The minimum atomic E-state index is 0.530. The predicted molar refractivity (Wildman–Crippen MR) is 101 cm³/mol. The van der Waals surface area contributed by atoms with Gasteiger partial charge in [-0.15, -0.1) is 11.3 Å². The van der Waals surface area contributed by atoms with Crippen molar-refractivity contribution in [1.82, 2.24) is 4.98 Å².